The molecule has 2 aliphatic heterocycles. The molecule has 0 saturated heterocycles. The highest BCUT2D eigenvalue weighted by Gasteiger charge is 2.52. The van der Waals surface area contributed by atoms with Gasteiger partial charge in [-0.05, 0) is 17.7 Å². The van der Waals surface area contributed by atoms with Gasteiger partial charge in [-0.3, -0.25) is 4.79 Å². The summed E-state index contributed by atoms with van der Waals surface area (Å²) >= 11 is 0. The number of nitrogens with zero attached hydrogens (tertiary/aromatic N) is 1. The third-order valence-corrected chi connectivity index (χ3v) is 4.22. The third kappa shape index (κ3) is 1.19. The van der Waals surface area contributed by atoms with Crippen molar-refractivity contribution in [3.05, 3.63) is 59.7 Å². The van der Waals surface area contributed by atoms with Gasteiger partial charge in [0.05, 0.1) is 0 Å². The van der Waals surface area contributed by atoms with Gasteiger partial charge in [-0.15, -0.1) is 0 Å². The lowest BCUT2D eigenvalue weighted by molar-refractivity contribution is -0.121. The number of rotatable bonds is 0. The van der Waals surface area contributed by atoms with E-state index in [2.05, 4.69) is 17.4 Å². The number of amides is 1. The minimum absolute atomic E-state index is 0.130. The fraction of sp³-hybridized carbons (Fsp3) is 0.188. The average Bonchev–Trinajstić information content (AvgIpc) is 2.93. The van der Waals surface area contributed by atoms with E-state index >= 15 is 0 Å². The molecule has 1 atom stereocenters. The maximum absolute atomic E-state index is 12.7. The monoisotopic (exact) mass is 250 g/mol. The molecular weight excluding hydrogens is 236 g/mol. The summed E-state index contributed by atoms with van der Waals surface area (Å²) in [4.78, 5) is 14.5. The average molecular weight is 250 g/mol. The topological polar surface area (TPSA) is 32.3 Å². The summed E-state index contributed by atoms with van der Waals surface area (Å²) in [6, 6.07) is 16.2. The minimum atomic E-state index is -0.602. The fourth-order valence-electron chi connectivity index (χ4n) is 3.29. The lowest BCUT2D eigenvalue weighted by atomic mass is 9.88. The second-order valence-electron chi connectivity index (χ2n) is 5.25. The van der Waals surface area contributed by atoms with Crippen LogP contribution in [0.25, 0.3) is 0 Å². The molecular formula is C16H14N2O. The molecule has 2 aliphatic rings. The third-order valence-electron chi connectivity index (χ3n) is 4.22. The van der Waals surface area contributed by atoms with E-state index < -0.39 is 5.54 Å². The van der Waals surface area contributed by atoms with Gasteiger partial charge in [-0.1, -0.05) is 36.4 Å². The number of carbonyl (C=O) groups excluding carboxylic acids is 1. The number of hydrogen-bond acceptors (Lipinski definition) is 2. The van der Waals surface area contributed by atoms with Gasteiger partial charge >= 0.3 is 0 Å². The van der Waals surface area contributed by atoms with Crippen LogP contribution in [0.4, 0.5) is 11.4 Å². The van der Waals surface area contributed by atoms with Crippen LogP contribution in [0.1, 0.15) is 11.1 Å². The first kappa shape index (κ1) is 10.6. The fourth-order valence-corrected chi connectivity index (χ4v) is 3.29. The molecule has 0 fully saturated rings. The van der Waals surface area contributed by atoms with Crippen molar-refractivity contribution in [2.24, 2.45) is 0 Å². The van der Waals surface area contributed by atoms with Crippen molar-refractivity contribution in [3.63, 3.8) is 0 Å². The second-order valence-corrected chi connectivity index (χ2v) is 5.25. The zero-order valence-electron chi connectivity index (χ0n) is 10.7. The van der Waals surface area contributed by atoms with Crippen molar-refractivity contribution in [1.82, 2.24) is 0 Å². The SMILES string of the molecule is CN1C(=O)[C@@]2(Cc3ccccc3N2)c2ccccc21. The van der Waals surface area contributed by atoms with Gasteiger partial charge in [0.1, 0.15) is 5.54 Å². The number of likely N-dealkylation sites (N-methyl/N-ethyl adjacent to an activating group) is 1. The predicted octanol–water partition coefficient (Wildman–Crippen LogP) is 2.53. The molecule has 3 heteroatoms. The van der Waals surface area contributed by atoms with Crippen LogP contribution >= 0.6 is 0 Å². The molecule has 0 aromatic heterocycles. The Morgan fingerprint density at radius 2 is 1.84 bits per heavy atom. The highest BCUT2D eigenvalue weighted by Crippen LogP contribution is 2.48. The van der Waals surface area contributed by atoms with Crippen LogP contribution < -0.4 is 10.2 Å². The normalized spacial score (nSPS) is 23.4. The molecule has 2 aromatic carbocycles. The Morgan fingerprint density at radius 1 is 1.11 bits per heavy atom. The van der Waals surface area contributed by atoms with Crippen LogP contribution in [0.3, 0.4) is 0 Å². The van der Waals surface area contributed by atoms with Gasteiger partial charge in [0.15, 0.2) is 0 Å². The Labute approximate surface area is 111 Å². The van der Waals surface area contributed by atoms with E-state index in [1.54, 1.807) is 4.90 Å². The molecule has 94 valence electrons. The first-order valence-corrected chi connectivity index (χ1v) is 6.46. The van der Waals surface area contributed by atoms with Crippen molar-refractivity contribution in [2.45, 2.75) is 12.0 Å². The zero-order chi connectivity index (χ0) is 13.0. The molecule has 0 saturated carbocycles. The Hall–Kier alpha value is -2.29. The molecule has 1 N–H and O–H groups in total. The number of fused-ring (bicyclic) bond motifs is 3. The maximum atomic E-state index is 12.7. The van der Waals surface area contributed by atoms with Gasteiger partial charge in [0, 0.05) is 30.4 Å². The van der Waals surface area contributed by atoms with Crippen molar-refractivity contribution in [3.8, 4) is 0 Å². The molecule has 2 aromatic rings. The highest BCUT2D eigenvalue weighted by molar-refractivity contribution is 6.10. The maximum Gasteiger partial charge on any atom is 0.257 e. The predicted molar refractivity (Wildman–Crippen MR) is 75.3 cm³/mol. The van der Waals surface area contributed by atoms with Crippen LogP contribution in [0.15, 0.2) is 48.5 Å². The number of benzene rings is 2. The minimum Gasteiger partial charge on any atom is -0.367 e. The molecule has 0 aliphatic carbocycles. The molecule has 0 bridgehead atoms. The molecule has 2 heterocycles. The van der Waals surface area contributed by atoms with E-state index in [4.69, 9.17) is 0 Å². The standard InChI is InChI=1S/C16H14N2O/c1-18-14-9-5-3-7-12(14)16(15(18)19)10-11-6-2-4-8-13(11)17-16/h2-9,17H,10H2,1H3/t16-/m1/s1. The van der Waals surface area contributed by atoms with Gasteiger partial charge in [-0.2, -0.15) is 0 Å². The van der Waals surface area contributed by atoms with Crippen molar-refractivity contribution >= 4 is 17.3 Å². The van der Waals surface area contributed by atoms with E-state index in [1.807, 2.05) is 43.4 Å². The number of nitrogens with one attached hydrogen (secondary N) is 1. The Bertz CT molecular complexity index is 668. The lowest BCUT2D eigenvalue weighted by Crippen LogP contribution is -2.43. The number of para-hydroxylation sites is 2. The molecule has 0 radical (unpaired) electrons. The quantitative estimate of drug-likeness (QED) is 0.779. The van der Waals surface area contributed by atoms with Crippen LogP contribution in [-0.2, 0) is 16.8 Å². The van der Waals surface area contributed by atoms with E-state index in [9.17, 15) is 4.79 Å². The Balaban J connectivity index is 1.92. The molecule has 3 nitrogen and oxygen atoms in total. The van der Waals surface area contributed by atoms with Crippen molar-refractivity contribution in [2.75, 3.05) is 17.3 Å². The Morgan fingerprint density at radius 3 is 2.68 bits per heavy atom. The lowest BCUT2D eigenvalue weighted by Gasteiger charge is -2.23. The first-order valence-electron chi connectivity index (χ1n) is 6.46. The second kappa shape index (κ2) is 3.38. The van der Waals surface area contributed by atoms with Crippen LogP contribution in [0.5, 0.6) is 0 Å². The summed E-state index contributed by atoms with van der Waals surface area (Å²) in [5.74, 6) is 0.130. The van der Waals surface area contributed by atoms with Crippen LogP contribution in [0, 0.1) is 0 Å². The van der Waals surface area contributed by atoms with E-state index in [0.717, 1.165) is 23.4 Å². The highest BCUT2D eigenvalue weighted by atomic mass is 16.2. The van der Waals surface area contributed by atoms with Gasteiger partial charge < -0.3 is 10.2 Å². The van der Waals surface area contributed by atoms with Gasteiger partial charge in [-0.25, -0.2) is 0 Å². The van der Waals surface area contributed by atoms with Crippen LogP contribution in [-0.4, -0.2) is 13.0 Å². The first-order chi connectivity index (χ1) is 9.22. The van der Waals surface area contributed by atoms with E-state index in [1.165, 1.54) is 5.56 Å². The summed E-state index contributed by atoms with van der Waals surface area (Å²) in [6.07, 6.45) is 0.726. The number of anilines is 2. The molecule has 1 amide bonds. The van der Waals surface area contributed by atoms with E-state index in [-0.39, 0.29) is 5.91 Å². The molecule has 19 heavy (non-hydrogen) atoms. The molecule has 4 rings (SSSR count). The molecule has 0 unspecified atom stereocenters. The smallest absolute Gasteiger partial charge is 0.257 e. The van der Waals surface area contributed by atoms with Crippen molar-refractivity contribution < 1.29 is 4.79 Å². The van der Waals surface area contributed by atoms with E-state index in [0.29, 0.717) is 0 Å². The summed E-state index contributed by atoms with van der Waals surface area (Å²) in [6.45, 7) is 0. The largest absolute Gasteiger partial charge is 0.367 e. The summed E-state index contributed by atoms with van der Waals surface area (Å²) in [5.41, 5.74) is 3.77. The number of hydrogen-bond donors (Lipinski definition) is 1. The van der Waals surface area contributed by atoms with Crippen molar-refractivity contribution in [1.29, 1.82) is 0 Å². The summed E-state index contributed by atoms with van der Waals surface area (Å²) in [7, 11) is 1.85. The summed E-state index contributed by atoms with van der Waals surface area (Å²) < 4.78 is 0. The Kier molecular flexibility index (Phi) is 1.89. The number of carbonyl (C=O) groups is 1. The zero-order valence-corrected chi connectivity index (χ0v) is 10.7. The molecule has 1 spiro atoms. The summed E-state index contributed by atoms with van der Waals surface area (Å²) in [5, 5.41) is 3.46. The van der Waals surface area contributed by atoms with Crippen LogP contribution in [0.2, 0.25) is 0 Å². The van der Waals surface area contributed by atoms with Gasteiger partial charge in [0.2, 0.25) is 0 Å². The van der Waals surface area contributed by atoms with Gasteiger partial charge in [0.25, 0.3) is 5.91 Å².